The number of nitrogens with two attached hydrogens (primary N) is 1. The van der Waals surface area contributed by atoms with Gasteiger partial charge in [0.25, 0.3) is 0 Å². The molecule has 1 aromatic heterocycles. The molecule has 5 nitrogen and oxygen atoms in total. The van der Waals surface area contributed by atoms with Gasteiger partial charge in [-0.15, -0.1) is 0 Å². The van der Waals surface area contributed by atoms with Crippen molar-refractivity contribution in [1.29, 1.82) is 0 Å². The minimum atomic E-state index is -0.435. The zero-order valence-corrected chi connectivity index (χ0v) is 11.9. The van der Waals surface area contributed by atoms with Crippen molar-refractivity contribution in [3.8, 4) is 5.88 Å². The highest BCUT2D eigenvalue weighted by molar-refractivity contribution is 5.95. The van der Waals surface area contributed by atoms with E-state index in [0.717, 1.165) is 0 Å². The number of nitrogen functional groups attached to an aromatic ring is 1. The van der Waals surface area contributed by atoms with Gasteiger partial charge in [-0.1, -0.05) is 19.3 Å². The fourth-order valence-corrected chi connectivity index (χ4v) is 2.47. The molecular weight excluding hydrogens is 256 g/mol. The molecule has 1 fully saturated rings. The number of hydrogen-bond donors (Lipinski definition) is 1. The molecular formula is C15H22N2O3. The first-order valence-corrected chi connectivity index (χ1v) is 7.26. The van der Waals surface area contributed by atoms with Crippen LogP contribution in [0.5, 0.6) is 5.88 Å². The number of anilines is 1. The third kappa shape index (κ3) is 3.85. The van der Waals surface area contributed by atoms with E-state index in [-0.39, 0.29) is 0 Å². The van der Waals surface area contributed by atoms with Crippen LogP contribution in [0.25, 0.3) is 0 Å². The highest BCUT2D eigenvalue weighted by atomic mass is 16.5. The Balaban J connectivity index is 1.97. The number of carbonyl (C=O) groups excluding carboxylic acids is 1. The number of ether oxygens (including phenoxy) is 2. The topological polar surface area (TPSA) is 74.4 Å². The molecule has 0 unspecified atom stereocenters. The fraction of sp³-hybridized carbons (Fsp3) is 0.600. The number of aromatic nitrogens is 1. The lowest BCUT2D eigenvalue weighted by Crippen LogP contribution is -2.16. The molecule has 1 aromatic rings. The largest absolute Gasteiger partial charge is 0.477 e. The summed E-state index contributed by atoms with van der Waals surface area (Å²) in [6.07, 6.45) is 7.74. The highest BCUT2D eigenvalue weighted by Crippen LogP contribution is 2.25. The molecule has 0 aliphatic heterocycles. The highest BCUT2D eigenvalue weighted by Gasteiger charge is 2.16. The second-order valence-electron chi connectivity index (χ2n) is 5.15. The molecule has 0 bridgehead atoms. The summed E-state index contributed by atoms with van der Waals surface area (Å²) in [5.74, 6) is 0.594. The van der Waals surface area contributed by atoms with Crippen LogP contribution in [0.15, 0.2) is 12.3 Å². The van der Waals surface area contributed by atoms with Crippen LogP contribution < -0.4 is 10.5 Å². The zero-order valence-electron chi connectivity index (χ0n) is 11.9. The maximum atomic E-state index is 11.7. The molecule has 1 aliphatic carbocycles. The van der Waals surface area contributed by atoms with E-state index >= 15 is 0 Å². The van der Waals surface area contributed by atoms with Gasteiger partial charge in [-0.3, -0.25) is 0 Å². The Hall–Kier alpha value is -1.78. The molecule has 1 saturated carbocycles. The van der Waals surface area contributed by atoms with Gasteiger partial charge in [0.1, 0.15) is 0 Å². The van der Waals surface area contributed by atoms with Crippen LogP contribution in [-0.2, 0) is 4.74 Å². The summed E-state index contributed by atoms with van der Waals surface area (Å²) >= 11 is 0. The van der Waals surface area contributed by atoms with Gasteiger partial charge >= 0.3 is 5.97 Å². The maximum Gasteiger partial charge on any atom is 0.340 e. The summed E-state index contributed by atoms with van der Waals surface area (Å²) in [5.41, 5.74) is 6.37. The van der Waals surface area contributed by atoms with Crippen LogP contribution in [-0.4, -0.2) is 24.2 Å². The lowest BCUT2D eigenvalue weighted by Gasteiger charge is -2.21. The van der Waals surface area contributed by atoms with Crippen molar-refractivity contribution >= 4 is 11.7 Å². The summed E-state index contributed by atoms with van der Waals surface area (Å²) in [7, 11) is 0. The molecule has 1 heterocycles. The molecule has 110 valence electrons. The quantitative estimate of drug-likeness (QED) is 0.838. The van der Waals surface area contributed by atoms with E-state index in [2.05, 4.69) is 4.98 Å². The summed E-state index contributed by atoms with van der Waals surface area (Å²) < 4.78 is 10.7. The second kappa shape index (κ2) is 7.12. The Labute approximate surface area is 119 Å². The standard InChI is InChI=1S/C15H22N2O3/c1-2-19-15(18)12-8-14(17-9-13(12)16)20-10-11-6-4-3-5-7-11/h8-9,11H,2-7,10,16H2,1H3. The van der Waals surface area contributed by atoms with Crippen molar-refractivity contribution in [3.05, 3.63) is 17.8 Å². The molecule has 0 aromatic carbocycles. The molecule has 20 heavy (non-hydrogen) atoms. The number of pyridine rings is 1. The minimum absolute atomic E-state index is 0.313. The average Bonchev–Trinajstić information content (AvgIpc) is 2.47. The Kier molecular flexibility index (Phi) is 5.21. The molecule has 1 aliphatic rings. The third-order valence-electron chi connectivity index (χ3n) is 3.60. The van der Waals surface area contributed by atoms with Crippen LogP contribution in [0.1, 0.15) is 49.4 Å². The Morgan fingerprint density at radius 2 is 2.15 bits per heavy atom. The lowest BCUT2D eigenvalue weighted by molar-refractivity contribution is 0.0526. The van der Waals surface area contributed by atoms with Crippen LogP contribution >= 0.6 is 0 Å². The van der Waals surface area contributed by atoms with Crippen LogP contribution in [0.4, 0.5) is 5.69 Å². The lowest BCUT2D eigenvalue weighted by atomic mass is 9.90. The minimum Gasteiger partial charge on any atom is -0.477 e. The molecule has 0 amide bonds. The summed E-state index contributed by atoms with van der Waals surface area (Å²) in [5, 5.41) is 0. The molecule has 0 atom stereocenters. The van der Waals surface area contributed by atoms with Crippen molar-refractivity contribution in [1.82, 2.24) is 4.98 Å². The Bertz CT molecular complexity index is 456. The van der Waals surface area contributed by atoms with Crippen molar-refractivity contribution in [3.63, 3.8) is 0 Å². The van der Waals surface area contributed by atoms with E-state index < -0.39 is 5.97 Å². The first kappa shape index (κ1) is 14.6. The SMILES string of the molecule is CCOC(=O)c1cc(OCC2CCCCC2)ncc1N. The van der Waals surface area contributed by atoms with Gasteiger partial charge in [0.15, 0.2) is 0 Å². The van der Waals surface area contributed by atoms with E-state index in [1.807, 2.05) is 0 Å². The summed E-state index contributed by atoms with van der Waals surface area (Å²) in [6.45, 7) is 2.73. The van der Waals surface area contributed by atoms with E-state index in [1.165, 1.54) is 38.3 Å². The van der Waals surface area contributed by atoms with Crippen molar-refractivity contribution < 1.29 is 14.3 Å². The molecule has 2 N–H and O–H groups in total. The normalized spacial score (nSPS) is 15.8. The number of esters is 1. The molecule has 0 saturated heterocycles. The van der Waals surface area contributed by atoms with E-state index in [9.17, 15) is 4.79 Å². The Morgan fingerprint density at radius 1 is 1.40 bits per heavy atom. The molecule has 2 rings (SSSR count). The Morgan fingerprint density at radius 3 is 2.85 bits per heavy atom. The number of hydrogen-bond acceptors (Lipinski definition) is 5. The van der Waals surface area contributed by atoms with Gasteiger partial charge in [-0.25, -0.2) is 9.78 Å². The van der Waals surface area contributed by atoms with Crippen molar-refractivity contribution in [2.24, 2.45) is 5.92 Å². The number of carbonyl (C=O) groups is 1. The fourth-order valence-electron chi connectivity index (χ4n) is 2.47. The van der Waals surface area contributed by atoms with Gasteiger partial charge in [0.05, 0.1) is 30.7 Å². The van der Waals surface area contributed by atoms with Gasteiger partial charge in [0, 0.05) is 6.07 Å². The summed E-state index contributed by atoms with van der Waals surface area (Å²) in [6, 6.07) is 1.57. The first-order valence-electron chi connectivity index (χ1n) is 7.26. The monoisotopic (exact) mass is 278 g/mol. The predicted molar refractivity (Wildman–Crippen MR) is 76.7 cm³/mol. The molecule has 0 radical (unpaired) electrons. The van der Waals surface area contributed by atoms with Gasteiger partial charge < -0.3 is 15.2 Å². The van der Waals surface area contributed by atoms with E-state index in [0.29, 0.717) is 36.3 Å². The van der Waals surface area contributed by atoms with E-state index in [1.54, 1.807) is 13.0 Å². The van der Waals surface area contributed by atoms with Gasteiger partial charge in [-0.2, -0.15) is 0 Å². The van der Waals surface area contributed by atoms with Gasteiger partial charge in [-0.05, 0) is 25.7 Å². The zero-order chi connectivity index (χ0) is 14.4. The third-order valence-corrected chi connectivity index (χ3v) is 3.60. The first-order chi connectivity index (χ1) is 9.70. The molecule has 0 spiro atoms. The molecule has 5 heteroatoms. The van der Waals surface area contributed by atoms with Gasteiger partial charge in [0.2, 0.25) is 5.88 Å². The second-order valence-corrected chi connectivity index (χ2v) is 5.15. The predicted octanol–water partition coefficient (Wildman–Crippen LogP) is 2.80. The maximum absolute atomic E-state index is 11.7. The van der Waals surface area contributed by atoms with Crippen LogP contribution in [0, 0.1) is 5.92 Å². The smallest absolute Gasteiger partial charge is 0.340 e. The van der Waals surface area contributed by atoms with Crippen LogP contribution in [0.2, 0.25) is 0 Å². The van der Waals surface area contributed by atoms with E-state index in [4.69, 9.17) is 15.2 Å². The average molecular weight is 278 g/mol. The van der Waals surface area contributed by atoms with Crippen molar-refractivity contribution in [2.75, 3.05) is 18.9 Å². The number of nitrogens with zero attached hydrogens (tertiary/aromatic N) is 1. The van der Waals surface area contributed by atoms with Crippen molar-refractivity contribution in [2.45, 2.75) is 39.0 Å². The van der Waals surface area contributed by atoms with Crippen LogP contribution in [0.3, 0.4) is 0 Å². The number of rotatable bonds is 5. The summed E-state index contributed by atoms with van der Waals surface area (Å²) in [4.78, 5) is 15.8.